The molecule has 2 rings (SSSR count). The van der Waals surface area contributed by atoms with E-state index in [0.29, 0.717) is 11.0 Å². The van der Waals surface area contributed by atoms with Crippen LogP contribution in [0.4, 0.5) is 0 Å². The van der Waals surface area contributed by atoms with Crippen LogP contribution >= 0.6 is 11.8 Å². The second-order valence-electron chi connectivity index (χ2n) is 4.05. The molecule has 0 aliphatic rings. The Hall–Kier alpha value is -1.00. The Morgan fingerprint density at radius 3 is 2.80 bits per heavy atom. The molecule has 0 saturated carbocycles. The van der Waals surface area contributed by atoms with E-state index in [2.05, 4.69) is 4.98 Å². The zero-order valence-electron chi connectivity index (χ0n) is 8.73. The van der Waals surface area contributed by atoms with Crippen molar-refractivity contribution in [3.63, 3.8) is 0 Å². The van der Waals surface area contributed by atoms with Gasteiger partial charge in [-0.15, -0.1) is 0 Å². The van der Waals surface area contributed by atoms with E-state index in [1.54, 1.807) is 13.8 Å². The molecule has 1 heterocycles. The molecule has 0 aliphatic heterocycles. The molecule has 0 radical (unpaired) electrons. The minimum Gasteiger partial charge on any atom is -0.431 e. The highest BCUT2D eigenvalue weighted by Gasteiger charge is 2.15. The van der Waals surface area contributed by atoms with Gasteiger partial charge in [0.25, 0.3) is 5.22 Å². The van der Waals surface area contributed by atoms with Gasteiger partial charge >= 0.3 is 0 Å². The Bertz CT molecular complexity index is 426. The van der Waals surface area contributed by atoms with Crippen LogP contribution in [0.25, 0.3) is 11.1 Å². The van der Waals surface area contributed by atoms with E-state index in [4.69, 9.17) is 4.42 Å². The van der Waals surface area contributed by atoms with Crippen molar-refractivity contribution in [1.29, 1.82) is 0 Å². The number of nitrogens with zero attached hydrogens (tertiary/aromatic N) is 1. The molecule has 4 heteroatoms. The van der Waals surface area contributed by atoms with Crippen LogP contribution in [0.15, 0.2) is 33.9 Å². The summed E-state index contributed by atoms with van der Waals surface area (Å²) < 4.78 is 5.50. The van der Waals surface area contributed by atoms with Crippen molar-refractivity contribution < 1.29 is 9.52 Å². The van der Waals surface area contributed by atoms with Crippen molar-refractivity contribution in [3.05, 3.63) is 24.3 Å². The number of rotatable bonds is 3. The number of thioether (sulfide) groups is 1. The number of hydrogen-bond acceptors (Lipinski definition) is 4. The summed E-state index contributed by atoms with van der Waals surface area (Å²) in [4.78, 5) is 4.30. The van der Waals surface area contributed by atoms with Crippen LogP contribution in [-0.4, -0.2) is 21.4 Å². The molecule has 2 aromatic rings. The standard InChI is InChI=1S/C11H13NO2S/c1-11(2,13)7-15-10-12-8-5-3-4-6-9(8)14-10/h3-6,13H,7H2,1-2H3. The number of para-hydroxylation sites is 2. The van der Waals surface area contributed by atoms with Crippen molar-refractivity contribution in [3.8, 4) is 0 Å². The zero-order valence-corrected chi connectivity index (χ0v) is 9.54. The van der Waals surface area contributed by atoms with Crippen LogP contribution in [0.5, 0.6) is 0 Å². The first-order chi connectivity index (χ1) is 7.04. The predicted molar refractivity (Wildman–Crippen MR) is 61.0 cm³/mol. The molecular formula is C11H13NO2S. The maximum atomic E-state index is 9.56. The van der Waals surface area contributed by atoms with E-state index in [1.165, 1.54) is 11.8 Å². The minimum atomic E-state index is -0.703. The fourth-order valence-corrected chi connectivity index (χ4v) is 1.94. The van der Waals surface area contributed by atoms with Crippen molar-refractivity contribution in [2.45, 2.75) is 24.7 Å². The Balaban J connectivity index is 2.16. The molecule has 0 saturated heterocycles. The fraction of sp³-hybridized carbons (Fsp3) is 0.364. The average molecular weight is 223 g/mol. The first kappa shape index (κ1) is 10.5. The lowest BCUT2D eigenvalue weighted by molar-refractivity contribution is 0.106. The molecular weight excluding hydrogens is 210 g/mol. The molecule has 15 heavy (non-hydrogen) atoms. The third-order valence-corrected chi connectivity index (χ3v) is 3.10. The molecule has 80 valence electrons. The van der Waals surface area contributed by atoms with E-state index >= 15 is 0 Å². The van der Waals surface area contributed by atoms with Crippen molar-refractivity contribution in [2.75, 3.05) is 5.75 Å². The van der Waals surface area contributed by atoms with Gasteiger partial charge in [0.15, 0.2) is 5.58 Å². The highest BCUT2D eigenvalue weighted by molar-refractivity contribution is 7.99. The van der Waals surface area contributed by atoms with E-state index in [9.17, 15) is 5.11 Å². The first-order valence-corrected chi connectivity index (χ1v) is 5.74. The summed E-state index contributed by atoms with van der Waals surface area (Å²) in [7, 11) is 0. The minimum absolute atomic E-state index is 0.569. The number of aromatic nitrogens is 1. The average Bonchev–Trinajstić information content (AvgIpc) is 2.56. The van der Waals surface area contributed by atoms with Gasteiger partial charge in [0.05, 0.1) is 5.60 Å². The lowest BCUT2D eigenvalue weighted by Crippen LogP contribution is -2.21. The van der Waals surface area contributed by atoms with E-state index < -0.39 is 5.60 Å². The predicted octanol–water partition coefficient (Wildman–Crippen LogP) is 2.69. The number of hydrogen-bond donors (Lipinski definition) is 1. The Labute approximate surface area is 92.5 Å². The summed E-state index contributed by atoms with van der Waals surface area (Å²) in [5, 5.41) is 10.2. The summed E-state index contributed by atoms with van der Waals surface area (Å²) in [6.07, 6.45) is 0. The summed E-state index contributed by atoms with van der Waals surface area (Å²) in [5.74, 6) is 0.569. The third-order valence-electron chi connectivity index (χ3n) is 1.82. The van der Waals surface area contributed by atoms with Crippen LogP contribution < -0.4 is 0 Å². The number of benzene rings is 1. The molecule has 0 aliphatic carbocycles. The van der Waals surface area contributed by atoms with Gasteiger partial charge < -0.3 is 9.52 Å². The molecule has 0 fully saturated rings. The van der Waals surface area contributed by atoms with Crippen molar-refractivity contribution in [1.82, 2.24) is 4.98 Å². The topological polar surface area (TPSA) is 46.3 Å². The number of fused-ring (bicyclic) bond motifs is 1. The van der Waals surface area contributed by atoms with Gasteiger partial charge in [0.2, 0.25) is 0 Å². The molecule has 0 atom stereocenters. The van der Waals surface area contributed by atoms with Crippen LogP contribution in [0, 0.1) is 0 Å². The van der Waals surface area contributed by atoms with Gasteiger partial charge in [-0.3, -0.25) is 0 Å². The molecule has 1 aromatic carbocycles. The van der Waals surface area contributed by atoms with Crippen LogP contribution in [0.2, 0.25) is 0 Å². The lowest BCUT2D eigenvalue weighted by Gasteiger charge is -2.14. The monoisotopic (exact) mass is 223 g/mol. The highest BCUT2D eigenvalue weighted by Crippen LogP contribution is 2.25. The summed E-state index contributed by atoms with van der Waals surface area (Å²) >= 11 is 1.43. The van der Waals surface area contributed by atoms with Gasteiger partial charge in [-0.05, 0) is 26.0 Å². The summed E-state index contributed by atoms with van der Waals surface area (Å²) in [6.45, 7) is 3.53. The Morgan fingerprint density at radius 1 is 1.40 bits per heavy atom. The molecule has 0 bridgehead atoms. The van der Waals surface area contributed by atoms with Gasteiger partial charge in [-0.25, -0.2) is 4.98 Å². The van der Waals surface area contributed by atoms with Crippen molar-refractivity contribution >= 4 is 22.9 Å². The molecule has 0 spiro atoms. The maximum Gasteiger partial charge on any atom is 0.256 e. The smallest absolute Gasteiger partial charge is 0.256 e. The Morgan fingerprint density at radius 2 is 2.13 bits per heavy atom. The Kier molecular flexibility index (Phi) is 2.71. The van der Waals surface area contributed by atoms with Crippen LogP contribution in [-0.2, 0) is 0 Å². The quantitative estimate of drug-likeness (QED) is 0.813. The number of oxazole rings is 1. The summed E-state index contributed by atoms with van der Waals surface area (Å²) in [5.41, 5.74) is 0.942. The highest BCUT2D eigenvalue weighted by atomic mass is 32.2. The van der Waals surface area contributed by atoms with Gasteiger partial charge in [-0.2, -0.15) is 0 Å². The van der Waals surface area contributed by atoms with Gasteiger partial charge in [0, 0.05) is 5.75 Å². The molecule has 3 nitrogen and oxygen atoms in total. The summed E-state index contributed by atoms with van der Waals surface area (Å²) in [6, 6.07) is 7.64. The van der Waals surface area contributed by atoms with Gasteiger partial charge in [-0.1, -0.05) is 23.9 Å². The molecule has 1 N–H and O–H groups in total. The largest absolute Gasteiger partial charge is 0.431 e. The third kappa shape index (κ3) is 2.73. The van der Waals surface area contributed by atoms with Crippen LogP contribution in [0.3, 0.4) is 0 Å². The second-order valence-corrected chi connectivity index (χ2v) is 4.98. The van der Waals surface area contributed by atoms with E-state index in [0.717, 1.165) is 11.1 Å². The SMILES string of the molecule is CC(C)(O)CSc1nc2ccccc2o1. The van der Waals surface area contributed by atoms with Crippen molar-refractivity contribution in [2.24, 2.45) is 0 Å². The lowest BCUT2D eigenvalue weighted by atomic mass is 10.2. The number of aliphatic hydroxyl groups is 1. The second kappa shape index (κ2) is 3.87. The normalized spacial score (nSPS) is 12.2. The maximum absolute atomic E-state index is 9.56. The van der Waals surface area contributed by atoms with Gasteiger partial charge in [0.1, 0.15) is 5.52 Å². The van der Waals surface area contributed by atoms with Crippen LogP contribution in [0.1, 0.15) is 13.8 Å². The molecule has 0 unspecified atom stereocenters. The van der Waals surface area contributed by atoms with E-state index in [1.807, 2.05) is 24.3 Å². The van der Waals surface area contributed by atoms with E-state index in [-0.39, 0.29) is 0 Å². The molecule has 1 aromatic heterocycles. The molecule has 0 amide bonds. The zero-order chi connectivity index (χ0) is 10.9. The first-order valence-electron chi connectivity index (χ1n) is 4.75. The fourth-order valence-electron chi connectivity index (χ4n) is 1.15.